The van der Waals surface area contributed by atoms with Crippen LogP contribution in [0.15, 0.2) is 42.7 Å². The number of carbonyl (C=O) groups excluding carboxylic acids is 1. The third-order valence-electron chi connectivity index (χ3n) is 3.94. The molecule has 0 bridgehead atoms. The quantitative estimate of drug-likeness (QED) is 0.944. The number of aromatic amines is 1. The van der Waals surface area contributed by atoms with Crippen molar-refractivity contribution in [3.8, 4) is 11.5 Å². The third-order valence-corrected chi connectivity index (χ3v) is 3.94. The van der Waals surface area contributed by atoms with Gasteiger partial charge in [0, 0.05) is 38.3 Å². The number of H-pyrrole nitrogens is 1. The minimum absolute atomic E-state index is 0.0872. The predicted molar refractivity (Wildman–Crippen MR) is 83.3 cm³/mol. The molecule has 1 N–H and O–H groups in total. The molecule has 3 rings (SSSR count). The third kappa shape index (κ3) is 3.24. The number of hydrogen-bond donors (Lipinski definition) is 1. The van der Waals surface area contributed by atoms with Crippen molar-refractivity contribution in [2.45, 2.75) is 18.9 Å². The fraction of sp³-hybridized carbons (Fsp3) is 0.353. The molecule has 22 heavy (non-hydrogen) atoms. The molecule has 1 aromatic carbocycles. The standard InChI is InChI=1S/C17H20N2O3/c1-21-14-2-4-15(5-3-14)22-16-7-10-19(11-8-16)17(20)13-6-9-18-12-13/h2-6,9,12,16,18H,7-8,10-11H2,1H3. The molecule has 2 aromatic rings. The monoisotopic (exact) mass is 300 g/mol. The Bertz CT molecular complexity index is 599. The summed E-state index contributed by atoms with van der Waals surface area (Å²) in [6.45, 7) is 1.45. The summed E-state index contributed by atoms with van der Waals surface area (Å²) in [6, 6.07) is 9.41. The number of rotatable bonds is 4. The minimum atomic E-state index is 0.0872. The number of nitrogens with one attached hydrogen (secondary N) is 1. The summed E-state index contributed by atoms with van der Waals surface area (Å²) in [4.78, 5) is 17.1. The molecule has 2 heterocycles. The largest absolute Gasteiger partial charge is 0.497 e. The molecule has 5 heteroatoms. The highest BCUT2D eigenvalue weighted by atomic mass is 16.5. The van der Waals surface area contributed by atoms with Crippen LogP contribution in [0.1, 0.15) is 23.2 Å². The Morgan fingerprint density at radius 3 is 2.41 bits per heavy atom. The lowest BCUT2D eigenvalue weighted by Gasteiger charge is -2.32. The highest BCUT2D eigenvalue weighted by Gasteiger charge is 2.24. The predicted octanol–water partition coefficient (Wildman–Crippen LogP) is 2.71. The number of carbonyl (C=O) groups is 1. The van der Waals surface area contributed by atoms with Crippen LogP contribution in [0.25, 0.3) is 0 Å². The first kappa shape index (κ1) is 14.5. The van der Waals surface area contributed by atoms with Gasteiger partial charge in [-0.05, 0) is 30.3 Å². The number of amides is 1. The van der Waals surface area contributed by atoms with E-state index in [2.05, 4.69) is 4.98 Å². The molecule has 0 aliphatic carbocycles. The van der Waals surface area contributed by atoms with Crippen LogP contribution in [0.3, 0.4) is 0 Å². The Labute approximate surface area is 129 Å². The Morgan fingerprint density at radius 2 is 1.82 bits per heavy atom. The lowest BCUT2D eigenvalue weighted by molar-refractivity contribution is 0.0595. The molecule has 1 aliphatic heterocycles. The van der Waals surface area contributed by atoms with Gasteiger partial charge in [0.1, 0.15) is 17.6 Å². The van der Waals surface area contributed by atoms with Gasteiger partial charge < -0.3 is 19.4 Å². The van der Waals surface area contributed by atoms with Crippen molar-refractivity contribution >= 4 is 5.91 Å². The second kappa shape index (κ2) is 6.56. The summed E-state index contributed by atoms with van der Waals surface area (Å²) < 4.78 is 11.1. The van der Waals surface area contributed by atoms with Crippen LogP contribution in [0, 0.1) is 0 Å². The van der Waals surface area contributed by atoms with E-state index in [-0.39, 0.29) is 12.0 Å². The van der Waals surface area contributed by atoms with E-state index >= 15 is 0 Å². The Morgan fingerprint density at radius 1 is 1.14 bits per heavy atom. The maximum absolute atomic E-state index is 12.2. The molecule has 1 aliphatic rings. The van der Waals surface area contributed by atoms with Crippen molar-refractivity contribution in [1.29, 1.82) is 0 Å². The van der Waals surface area contributed by atoms with Gasteiger partial charge in [0.25, 0.3) is 5.91 Å². The van der Waals surface area contributed by atoms with Crippen LogP contribution in [-0.4, -0.2) is 42.1 Å². The molecule has 0 radical (unpaired) electrons. The first-order chi connectivity index (χ1) is 10.8. The summed E-state index contributed by atoms with van der Waals surface area (Å²) in [7, 11) is 1.65. The fourth-order valence-corrected chi connectivity index (χ4v) is 2.66. The van der Waals surface area contributed by atoms with Gasteiger partial charge in [-0.2, -0.15) is 0 Å². The summed E-state index contributed by atoms with van der Waals surface area (Å²) in [5.74, 6) is 1.75. The number of methoxy groups -OCH3 is 1. The number of likely N-dealkylation sites (tertiary alicyclic amines) is 1. The normalized spacial score (nSPS) is 15.6. The van der Waals surface area contributed by atoms with Crippen molar-refractivity contribution in [2.24, 2.45) is 0 Å². The Kier molecular flexibility index (Phi) is 4.32. The van der Waals surface area contributed by atoms with Crippen molar-refractivity contribution in [1.82, 2.24) is 9.88 Å². The van der Waals surface area contributed by atoms with Gasteiger partial charge in [-0.15, -0.1) is 0 Å². The number of aromatic nitrogens is 1. The highest BCUT2D eigenvalue weighted by Crippen LogP contribution is 2.22. The van der Waals surface area contributed by atoms with E-state index in [1.165, 1.54) is 0 Å². The molecule has 0 spiro atoms. The molecule has 1 amide bonds. The SMILES string of the molecule is COc1ccc(OC2CCN(C(=O)c3cc[nH]c3)CC2)cc1. The lowest BCUT2D eigenvalue weighted by atomic mass is 10.1. The smallest absolute Gasteiger partial charge is 0.255 e. The van der Waals surface area contributed by atoms with E-state index in [4.69, 9.17) is 9.47 Å². The fourth-order valence-electron chi connectivity index (χ4n) is 2.66. The first-order valence-corrected chi connectivity index (χ1v) is 7.49. The Balaban J connectivity index is 1.52. The van der Waals surface area contributed by atoms with Crippen LogP contribution >= 0.6 is 0 Å². The van der Waals surface area contributed by atoms with Gasteiger partial charge >= 0.3 is 0 Å². The van der Waals surface area contributed by atoms with Crippen LogP contribution < -0.4 is 9.47 Å². The molecule has 0 unspecified atom stereocenters. The summed E-state index contributed by atoms with van der Waals surface area (Å²) in [5.41, 5.74) is 0.717. The molecule has 5 nitrogen and oxygen atoms in total. The maximum atomic E-state index is 12.2. The number of ether oxygens (including phenoxy) is 2. The zero-order chi connectivity index (χ0) is 15.4. The van der Waals surface area contributed by atoms with Gasteiger partial charge in [-0.25, -0.2) is 0 Å². The molecule has 1 aromatic heterocycles. The van der Waals surface area contributed by atoms with Crippen molar-refractivity contribution in [2.75, 3.05) is 20.2 Å². The number of piperidine rings is 1. The van der Waals surface area contributed by atoms with Crippen molar-refractivity contribution < 1.29 is 14.3 Å². The van der Waals surface area contributed by atoms with E-state index in [9.17, 15) is 4.79 Å². The van der Waals surface area contributed by atoms with E-state index in [0.29, 0.717) is 0 Å². The van der Waals surface area contributed by atoms with Crippen molar-refractivity contribution in [3.05, 3.63) is 48.3 Å². The molecule has 116 valence electrons. The topological polar surface area (TPSA) is 54.6 Å². The summed E-state index contributed by atoms with van der Waals surface area (Å²) in [6.07, 6.45) is 5.36. The Hall–Kier alpha value is -2.43. The van der Waals surface area contributed by atoms with Gasteiger partial charge in [0.05, 0.1) is 12.7 Å². The highest BCUT2D eigenvalue weighted by molar-refractivity contribution is 5.94. The molecule has 1 saturated heterocycles. The second-order valence-electron chi connectivity index (χ2n) is 5.38. The number of hydrogen-bond acceptors (Lipinski definition) is 3. The van der Waals surface area contributed by atoms with Crippen LogP contribution in [-0.2, 0) is 0 Å². The van der Waals surface area contributed by atoms with Crippen molar-refractivity contribution in [3.63, 3.8) is 0 Å². The average Bonchev–Trinajstić information content (AvgIpc) is 3.10. The molecule has 0 saturated carbocycles. The lowest BCUT2D eigenvalue weighted by Crippen LogP contribution is -2.41. The van der Waals surface area contributed by atoms with E-state index in [1.807, 2.05) is 35.2 Å². The van der Waals surface area contributed by atoms with E-state index in [1.54, 1.807) is 19.5 Å². The van der Waals surface area contributed by atoms with Crippen LogP contribution in [0.2, 0.25) is 0 Å². The van der Waals surface area contributed by atoms with Crippen LogP contribution in [0.4, 0.5) is 0 Å². The zero-order valence-electron chi connectivity index (χ0n) is 12.6. The number of benzene rings is 1. The summed E-state index contributed by atoms with van der Waals surface area (Å²) >= 11 is 0. The van der Waals surface area contributed by atoms with E-state index < -0.39 is 0 Å². The first-order valence-electron chi connectivity index (χ1n) is 7.49. The van der Waals surface area contributed by atoms with Gasteiger partial charge in [0.2, 0.25) is 0 Å². The zero-order valence-corrected chi connectivity index (χ0v) is 12.6. The minimum Gasteiger partial charge on any atom is -0.497 e. The molecular weight excluding hydrogens is 280 g/mol. The molecule has 0 atom stereocenters. The molecule has 1 fully saturated rings. The number of nitrogens with zero attached hydrogens (tertiary/aromatic N) is 1. The van der Waals surface area contributed by atoms with Gasteiger partial charge in [-0.3, -0.25) is 4.79 Å². The second-order valence-corrected chi connectivity index (χ2v) is 5.38. The molecular formula is C17H20N2O3. The summed E-state index contributed by atoms with van der Waals surface area (Å²) in [5, 5.41) is 0. The van der Waals surface area contributed by atoms with Gasteiger partial charge in [-0.1, -0.05) is 0 Å². The van der Waals surface area contributed by atoms with Gasteiger partial charge in [0.15, 0.2) is 0 Å². The average molecular weight is 300 g/mol. The van der Waals surface area contributed by atoms with Crippen LogP contribution in [0.5, 0.6) is 11.5 Å². The maximum Gasteiger partial charge on any atom is 0.255 e. The van der Waals surface area contributed by atoms with E-state index in [0.717, 1.165) is 43.0 Å².